The molecular formula is C29H33N5O2. The molecule has 186 valence electrons. The van der Waals surface area contributed by atoms with Crippen molar-refractivity contribution in [3.05, 3.63) is 88.8 Å². The minimum absolute atomic E-state index is 0.0865. The molecule has 3 aliphatic rings. The second-order valence-electron chi connectivity index (χ2n) is 10.4. The molecule has 1 aromatic heterocycles. The van der Waals surface area contributed by atoms with Gasteiger partial charge in [0.05, 0.1) is 18.3 Å². The lowest BCUT2D eigenvalue weighted by atomic mass is 9.90. The van der Waals surface area contributed by atoms with Crippen molar-refractivity contribution in [3.63, 3.8) is 0 Å². The number of benzene rings is 2. The van der Waals surface area contributed by atoms with E-state index < -0.39 is 0 Å². The zero-order valence-electron chi connectivity index (χ0n) is 20.5. The van der Waals surface area contributed by atoms with E-state index in [9.17, 15) is 10.0 Å². The second kappa shape index (κ2) is 9.65. The van der Waals surface area contributed by atoms with Crippen LogP contribution in [0.25, 0.3) is 0 Å². The molecule has 3 aliphatic heterocycles. The molecule has 2 atom stereocenters. The molecule has 2 N–H and O–H groups in total. The van der Waals surface area contributed by atoms with Gasteiger partial charge < -0.3 is 15.2 Å². The number of fused-ring (bicyclic) bond motifs is 3. The summed E-state index contributed by atoms with van der Waals surface area (Å²) in [5.74, 6) is 1.02. The summed E-state index contributed by atoms with van der Waals surface area (Å²) < 4.78 is -0.236. The van der Waals surface area contributed by atoms with Crippen LogP contribution in [-0.4, -0.2) is 41.6 Å². The predicted molar refractivity (Wildman–Crippen MR) is 144 cm³/mol. The summed E-state index contributed by atoms with van der Waals surface area (Å²) in [5, 5.41) is 19.2. The third-order valence-electron chi connectivity index (χ3n) is 8.20. The molecule has 2 saturated heterocycles. The summed E-state index contributed by atoms with van der Waals surface area (Å²) in [7, 11) is 0. The van der Waals surface area contributed by atoms with Gasteiger partial charge in [0.15, 0.2) is 0 Å². The zero-order chi connectivity index (χ0) is 24.5. The molecule has 2 unspecified atom stereocenters. The second-order valence-corrected chi connectivity index (χ2v) is 10.4. The molecule has 0 radical (unpaired) electrons. The van der Waals surface area contributed by atoms with Crippen molar-refractivity contribution in [2.24, 2.45) is 0 Å². The lowest BCUT2D eigenvalue weighted by molar-refractivity contribution is 0.204. The van der Waals surface area contributed by atoms with Crippen LogP contribution in [0.2, 0.25) is 0 Å². The number of aromatic nitrogens is 1. The molecule has 7 heteroatoms. The number of hydrogen-bond donors (Lipinski definition) is 2. The van der Waals surface area contributed by atoms with Crippen LogP contribution >= 0.6 is 0 Å². The topological polar surface area (TPSA) is 80.3 Å². The van der Waals surface area contributed by atoms with Gasteiger partial charge in [-0.25, -0.2) is 9.78 Å². The van der Waals surface area contributed by atoms with Crippen LogP contribution in [0, 0.1) is 5.21 Å². The summed E-state index contributed by atoms with van der Waals surface area (Å²) >= 11 is 0. The Morgan fingerprint density at radius 2 is 1.86 bits per heavy atom. The van der Waals surface area contributed by atoms with Crippen molar-refractivity contribution in [1.29, 1.82) is 0 Å². The van der Waals surface area contributed by atoms with Gasteiger partial charge in [-0.1, -0.05) is 36.4 Å². The van der Waals surface area contributed by atoms with Gasteiger partial charge in [0.25, 0.3) is 0 Å². The molecule has 0 bridgehead atoms. The molecule has 2 amide bonds. The zero-order valence-corrected chi connectivity index (χ0v) is 20.5. The standard InChI is InChI=1S/C29H33N5O2/c35-29(31-26-9-4-10-27-25(26)19-24-8-5-17-34(24,27)36)32-28-18-23(11-14-30-28)22-12-15-33(16-13-22)20-21-6-2-1-3-7-21/h1-4,6-7,9-11,14,18,22,24H,5,8,12-13,15-17,19-20H2,(H2,30,31,32,35). The number of nitrogens with one attached hydrogen (secondary N) is 2. The molecule has 2 aromatic carbocycles. The number of quaternary nitrogens is 1. The number of rotatable bonds is 5. The number of carbonyl (C=O) groups is 1. The van der Waals surface area contributed by atoms with Gasteiger partial charge in [0.2, 0.25) is 0 Å². The highest BCUT2D eigenvalue weighted by atomic mass is 16.6. The first-order valence-corrected chi connectivity index (χ1v) is 13.1. The van der Waals surface area contributed by atoms with E-state index in [1.165, 1.54) is 11.1 Å². The van der Waals surface area contributed by atoms with Crippen molar-refractivity contribution in [1.82, 2.24) is 14.5 Å². The number of piperidine rings is 1. The lowest BCUT2D eigenvalue weighted by Crippen LogP contribution is -2.44. The number of amides is 2. The minimum Gasteiger partial charge on any atom is -0.627 e. The molecular weight excluding hydrogens is 450 g/mol. The Kier molecular flexibility index (Phi) is 6.21. The van der Waals surface area contributed by atoms with Crippen molar-refractivity contribution in [3.8, 4) is 0 Å². The number of urea groups is 1. The van der Waals surface area contributed by atoms with Crippen LogP contribution in [0.1, 0.15) is 48.3 Å². The van der Waals surface area contributed by atoms with E-state index in [0.717, 1.165) is 68.7 Å². The molecule has 0 saturated carbocycles. The largest absolute Gasteiger partial charge is 0.627 e. The maximum absolute atomic E-state index is 13.3. The first-order valence-electron chi connectivity index (χ1n) is 13.1. The van der Waals surface area contributed by atoms with Gasteiger partial charge >= 0.3 is 6.03 Å². The van der Waals surface area contributed by atoms with E-state index in [4.69, 9.17) is 0 Å². The average Bonchev–Trinajstić information content (AvgIpc) is 3.40. The molecule has 3 aromatic rings. The number of nitrogens with zero attached hydrogens (tertiary/aromatic N) is 3. The Morgan fingerprint density at radius 1 is 1.03 bits per heavy atom. The van der Waals surface area contributed by atoms with E-state index in [0.29, 0.717) is 18.3 Å². The maximum Gasteiger partial charge on any atom is 0.324 e. The molecule has 36 heavy (non-hydrogen) atoms. The molecule has 2 fully saturated rings. The Balaban J connectivity index is 1.07. The minimum atomic E-state index is -0.324. The van der Waals surface area contributed by atoms with E-state index >= 15 is 0 Å². The SMILES string of the molecule is O=C(Nc1cc(C2CCN(Cc3ccccc3)CC2)ccn1)Nc1cccc2c1CC1CCC[N+]21[O-]. The Morgan fingerprint density at radius 3 is 2.69 bits per heavy atom. The van der Waals surface area contributed by atoms with Gasteiger partial charge in [0.1, 0.15) is 11.5 Å². The van der Waals surface area contributed by atoms with Crippen LogP contribution in [0.3, 0.4) is 0 Å². The van der Waals surface area contributed by atoms with E-state index in [1.54, 1.807) is 6.20 Å². The Labute approximate surface area is 212 Å². The molecule has 0 aliphatic carbocycles. The van der Waals surface area contributed by atoms with Crippen molar-refractivity contribution in [2.75, 3.05) is 30.3 Å². The number of likely N-dealkylation sites (tertiary alicyclic amines) is 1. The molecule has 6 rings (SSSR count). The first-order chi connectivity index (χ1) is 17.6. The van der Waals surface area contributed by atoms with Gasteiger partial charge in [-0.3, -0.25) is 10.2 Å². The lowest BCUT2D eigenvalue weighted by Gasteiger charge is -2.39. The smallest absolute Gasteiger partial charge is 0.324 e. The number of hydrogen-bond acceptors (Lipinski definition) is 4. The fourth-order valence-electron chi connectivity index (χ4n) is 6.32. The summed E-state index contributed by atoms with van der Waals surface area (Å²) in [5.41, 5.74) is 5.10. The number of anilines is 2. The highest BCUT2D eigenvalue weighted by Gasteiger charge is 2.45. The predicted octanol–water partition coefficient (Wildman–Crippen LogP) is 5.63. The van der Waals surface area contributed by atoms with Gasteiger partial charge in [0, 0.05) is 37.6 Å². The maximum atomic E-state index is 13.3. The molecule has 4 heterocycles. The summed E-state index contributed by atoms with van der Waals surface area (Å²) in [4.78, 5) is 19.8. The Hall–Kier alpha value is -3.26. The fourth-order valence-corrected chi connectivity index (χ4v) is 6.32. The highest BCUT2D eigenvalue weighted by Crippen LogP contribution is 2.46. The molecule has 0 spiro atoms. The third-order valence-corrected chi connectivity index (χ3v) is 8.20. The fraction of sp³-hybridized carbons (Fsp3) is 0.379. The highest BCUT2D eigenvalue weighted by molar-refractivity contribution is 6.00. The third kappa shape index (κ3) is 4.50. The van der Waals surface area contributed by atoms with E-state index in [1.807, 2.05) is 24.3 Å². The monoisotopic (exact) mass is 483 g/mol. The van der Waals surface area contributed by atoms with Gasteiger partial charge in [-0.05, 0) is 67.2 Å². The average molecular weight is 484 g/mol. The molecule has 7 nitrogen and oxygen atoms in total. The summed E-state index contributed by atoms with van der Waals surface area (Å²) in [6, 6.07) is 20.1. The Bertz CT molecular complexity index is 1240. The van der Waals surface area contributed by atoms with Gasteiger partial charge in [-0.15, -0.1) is 0 Å². The van der Waals surface area contributed by atoms with Crippen LogP contribution in [0.15, 0.2) is 66.9 Å². The van der Waals surface area contributed by atoms with Crippen molar-refractivity contribution < 1.29 is 4.79 Å². The van der Waals surface area contributed by atoms with E-state index in [-0.39, 0.29) is 16.7 Å². The summed E-state index contributed by atoms with van der Waals surface area (Å²) in [6.45, 7) is 3.75. The van der Waals surface area contributed by atoms with Crippen LogP contribution in [0.4, 0.5) is 22.0 Å². The van der Waals surface area contributed by atoms with E-state index in [2.05, 4.69) is 56.9 Å². The number of pyridine rings is 1. The quantitative estimate of drug-likeness (QED) is 0.364. The first kappa shape index (κ1) is 23.2. The van der Waals surface area contributed by atoms with Gasteiger partial charge in [-0.2, -0.15) is 0 Å². The summed E-state index contributed by atoms with van der Waals surface area (Å²) in [6.07, 6.45) is 6.61. The number of carbonyl (C=O) groups excluding carboxylic acids is 1. The normalized spacial score (nSPS) is 23.8. The van der Waals surface area contributed by atoms with Crippen molar-refractivity contribution in [2.45, 2.75) is 50.6 Å². The van der Waals surface area contributed by atoms with Crippen LogP contribution in [0.5, 0.6) is 0 Å². The number of hydroxylamine groups is 2. The van der Waals surface area contributed by atoms with Crippen LogP contribution < -0.4 is 15.3 Å². The van der Waals surface area contributed by atoms with Crippen molar-refractivity contribution >= 4 is 23.2 Å². The van der Waals surface area contributed by atoms with Crippen LogP contribution in [-0.2, 0) is 13.0 Å².